The molecule has 0 bridgehead atoms. The minimum atomic E-state index is -0.383. The molecule has 0 aliphatic rings. The second-order valence-corrected chi connectivity index (χ2v) is 6.62. The lowest BCUT2D eigenvalue weighted by Crippen LogP contribution is -2.23. The van der Waals surface area contributed by atoms with Crippen LogP contribution in [0.3, 0.4) is 0 Å². The molecule has 0 aliphatic carbocycles. The van der Waals surface area contributed by atoms with Gasteiger partial charge in [0.15, 0.2) is 0 Å². The number of nitrogens with zero attached hydrogens (tertiary/aromatic N) is 1. The van der Waals surface area contributed by atoms with Crippen LogP contribution >= 0.6 is 11.6 Å². The van der Waals surface area contributed by atoms with Crippen molar-refractivity contribution in [2.24, 2.45) is 0 Å². The molecular weight excluding hydrogens is 381 g/mol. The summed E-state index contributed by atoms with van der Waals surface area (Å²) in [4.78, 5) is 28.8. The van der Waals surface area contributed by atoms with E-state index in [0.717, 1.165) is 11.1 Å². The first-order valence-corrected chi connectivity index (χ1v) is 8.85. The molecule has 28 heavy (non-hydrogen) atoms. The van der Waals surface area contributed by atoms with Crippen molar-refractivity contribution in [3.05, 3.63) is 94.0 Å². The molecule has 3 aromatic rings. The molecule has 5 nitrogen and oxygen atoms in total. The Labute approximate surface area is 166 Å². The van der Waals surface area contributed by atoms with E-state index in [2.05, 4.69) is 15.6 Å². The highest BCUT2D eigenvalue weighted by atomic mass is 35.5. The third kappa shape index (κ3) is 4.92. The minimum absolute atomic E-state index is 0.236. The van der Waals surface area contributed by atoms with Crippen LogP contribution < -0.4 is 10.6 Å². The van der Waals surface area contributed by atoms with E-state index < -0.39 is 0 Å². The zero-order valence-corrected chi connectivity index (χ0v) is 15.8. The van der Waals surface area contributed by atoms with Crippen LogP contribution in [0.15, 0.2) is 60.9 Å². The molecule has 142 valence electrons. The lowest BCUT2D eigenvalue weighted by atomic mass is 10.1. The van der Waals surface area contributed by atoms with Crippen molar-refractivity contribution in [1.82, 2.24) is 10.3 Å². The molecule has 3 rings (SSSR count). The maximum atomic E-state index is 12.9. The quantitative estimate of drug-likeness (QED) is 0.671. The zero-order chi connectivity index (χ0) is 20.1. The summed E-state index contributed by atoms with van der Waals surface area (Å²) in [5, 5.41) is 6.08. The van der Waals surface area contributed by atoms with Gasteiger partial charge < -0.3 is 10.6 Å². The topological polar surface area (TPSA) is 71.1 Å². The van der Waals surface area contributed by atoms with E-state index in [-0.39, 0.29) is 35.3 Å². The molecule has 0 radical (unpaired) electrons. The number of carbonyl (C=O) groups is 2. The molecule has 2 N–H and O–H groups in total. The van der Waals surface area contributed by atoms with E-state index in [1.54, 1.807) is 30.3 Å². The molecule has 1 heterocycles. The highest BCUT2D eigenvalue weighted by Crippen LogP contribution is 2.20. The fraction of sp³-hybridized carbons (Fsp3) is 0.0952. The van der Waals surface area contributed by atoms with Crippen molar-refractivity contribution >= 4 is 29.1 Å². The molecule has 0 fully saturated rings. The number of rotatable bonds is 5. The van der Waals surface area contributed by atoms with Crippen molar-refractivity contribution in [2.45, 2.75) is 13.5 Å². The molecule has 0 saturated heterocycles. The van der Waals surface area contributed by atoms with Crippen molar-refractivity contribution in [2.75, 3.05) is 5.32 Å². The Hall–Kier alpha value is -3.25. The number of nitrogens with one attached hydrogen (secondary N) is 2. The van der Waals surface area contributed by atoms with Crippen LogP contribution in [0.5, 0.6) is 0 Å². The first-order chi connectivity index (χ1) is 13.4. The smallest absolute Gasteiger partial charge is 0.257 e. The molecule has 0 atom stereocenters. The van der Waals surface area contributed by atoms with Gasteiger partial charge in [-0.15, -0.1) is 0 Å². The van der Waals surface area contributed by atoms with Gasteiger partial charge in [-0.25, -0.2) is 4.39 Å². The van der Waals surface area contributed by atoms with E-state index in [9.17, 15) is 14.0 Å². The fourth-order valence-electron chi connectivity index (χ4n) is 2.54. The van der Waals surface area contributed by atoms with Gasteiger partial charge in [0, 0.05) is 29.6 Å². The number of benzene rings is 2. The van der Waals surface area contributed by atoms with E-state index in [1.807, 2.05) is 6.92 Å². The van der Waals surface area contributed by atoms with Crippen LogP contribution in [0, 0.1) is 12.7 Å². The van der Waals surface area contributed by atoms with Crippen LogP contribution in [-0.2, 0) is 6.54 Å². The summed E-state index contributed by atoms with van der Waals surface area (Å²) in [6.45, 7) is 2.07. The molecule has 0 spiro atoms. The summed E-state index contributed by atoms with van der Waals surface area (Å²) in [5.74, 6) is -1.10. The standard InChI is InChI=1S/C21H17ClFN3O2/c1-13-8-17(22)4-7-19(13)26-21(28)16-9-15(11-24-12-16)20(27)25-10-14-2-5-18(23)6-3-14/h2-9,11-12H,10H2,1H3,(H,25,27)(H,26,28). The molecule has 0 saturated carbocycles. The largest absolute Gasteiger partial charge is 0.348 e. The van der Waals surface area contributed by atoms with E-state index in [0.29, 0.717) is 10.7 Å². The number of amides is 2. The summed E-state index contributed by atoms with van der Waals surface area (Å²) in [7, 11) is 0. The zero-order valence-electron chi connectivity index (χ0n) is 15.0. The third-order valence-electron chi connectivity index (χ3n) is 4.07. The summed E-state index contributed by atoms with van der Waals surface area (Å²) >= 11 is 5.92. The van der Waals surface area contributed by atoms with Gasteiger partial charge >= 0.3 is 0 Å². The van der Waals surface area contributed by atoms with Gasteiger partial charge in [0.25, 0.3) is 11.8 Å². The molecule has 7 heteroatoms. The maximum absolute atomic E-state index is 12.9. The first-order valence-electron chi connectivity index (χ1n) is 8.47. The number of carbonyl (C=O) groups excluding carboxylic acids is 2. The van der Waals surface area contributed by atoms with Gasteiger partial charge in [-0.1, -0.05) is 23.7 Å². The van der Waals surface area contributed by atoms with Gasteiger partial charge in [-0.05, 0) is 54.4 Å². The van der Waals surface area contributed by atoms with Gasteiger partial charge in [0.2, 0.25) is 0 Å². The highest BCUT2D eigenvalue weighted by Gasteiger charge is 2.12. The summed E-state index contributed by atoms with van der Waals surface area (Å²) < 4.78 is 12.9. The van der Waals surface area contributed by atoms with Crippen LogP contribution in [-0.4, -0.2) is 16.8 Å². The molecule has 0 aliphatic heterocycles. The van der Waals surface area contributed by atoms with Crippen LogP contribution in [0.2, 0.25) is 5.02 Å². The highest BCUT2D eigenvalue weighted by molar-refractivity contribution is 6.30. The predicted octanol–water partition coefficient (Wildman–Crippen LogP) is 4.36. The van der Waals surface area contributed by atoms with E-state index in [4.69, 9.17) is 11.6 Å². The molecule has 2 amide bonds. The normalized spacial score (nSPS) is 10.4. The van der Waals surface area contributed by atoms with Gasteiger partial charge in [-0.3, -0.25) is 14.6 Å². The number of aryl methyl sites for hydroxylation is 1. The molecule has 1 aromatic heterocycles. The number of pyridine rings is 1. The van der Waals surface area contributed by atoms with Crippen molar-refractivity contribution in [3.63, 3.8) is 0 Å². The Balaban J connectivity index is 1.67. The SMILES string of the molecule is Cc1cc(Cl)ccc1NC(=O)c1cncc(C(=O)NCc2ccc(F)cc2)c1. The number of hydrogen-bond acceptors (Lipinski definition) is 3. The first kappa shape index (κ1) is 19.5. The number of anilines is 1. The summed E-state index contributed by atoms with van der Waals surface area (Å²) in [6, 6.07) is 12.4. The van der Waals surface area contributed by atoms with Gasteiger partial charge in [0.1, 0.15) is 5.82 Å². The second-order valence-electron chi connectivity index (χ2n) is 6.18. The molecular formula is C21H17ClFN3O2. The van der Waals surface area contributed by atoms with Crippen LogP contribution in [0.1, 0.15) is 31.8 Å². The summed E-state index contributed by atoms with van der Waals surface area (Å²) in [6.07, 6.45) is 2.77. The van der Waals surface area contributed by atoms with E-state index in [1.165, 1.54) is 30.6 Å². The Bertz CT molecular complexity index is 1020. The number of halogens is 2. The lowest BCUT2D eigenvalue weighted by Gasteiger charge is -2.10. The second kappa shape index (κ2) is 8.63. The Morgan fingerprint density at radius 1 is 1.00 bits per heavy atom. The monoisotopic (exact) mass is 397 g/mol. The average molecular weight is 398 g/mol. The number of hydrogen-bond donors (Lipinski definition) is 2. The van der Waals surface area contributed by atoms with Crippen molar-refractivity contribution in [3.8, 4) is 0 Å². The van der Waals surface area contributed by atoms with Gasteiger partial charge in [0.05, 0.1) is 11.1 Å². The summed E-state index contributed by atoms with van der Waals surface area (Å²) in [5.41, 5.74) is 2.71. The molecule has 2 aromatic carbocycles. The van der Waals surface area contributed by atoms with Crippen LogP contribution in [0.4, 0.5) is 10.1 Å². The van der Waals surface area contributed by atoms with Crippen molar-refractivity contribution < 1.29 is 14.0 Å². The maximum Gasteiger partial charge on any atom is 0.257 e. The van der Waals surface area contributed by atoms with Crippen molar-refractivity contribution in [1.29, 1.82) is 0 Å². The lowest BCUT2D eigenvalue weighted by molar-refractivity contribution is 0.0950. The Kier molecular flexibility index (Phi) is 6.01. The molecule has 0 unspecified atom stereocenters. The van der Waals surface area contributed by atoms with E-state index >= 15 is 0 Å². The Morgan fingerprint density at radius 2 is 1.68 bits per heavy atom. The Morgan fingerprint density at radius 3 is 2.36 bits per heavy atom. The van der Waals surface area contributed by atoms with Crippen LogP contribution in [0.25, 0.3) is 0 Å². The van der Waals surface area contributed by atoms with Gasteiger partial charge in [-0.2, -0.15) is 0 Å². The number of aromatic nitrogens is 1. The fourth-order valence-corrected chi connectivity index (χ4v) is 2.76. The average Bonchev–Trinajstić information content (AvgIpc) is 2.69. The third-order valence-corrected chi connectivity index (χ3v) is 4.30. The minimum Gasteiger partial charge on any atom is -0.348 e. The predicted molar refractivity (Wildman–Crippen MR) is 106 cm³/mol.